The molecule has 0 aromatic rings. The highest BCUT2D eigenvalue weighted by Crippen LogP contribution is 2.17. The van der Waals surface area contributed by atoms with Crippen molar-refractivity contribution in [3.05, 3.63) is 24.3 Å². The van der Waals surface area contributed by atoms with Gasteiger partial charge in [0.25, 0.3) is 0 Å². The lowest BCUT2D eigenvalue weighted by Crippen LogP contribution is -2.09. The summed E-state index contributed by atoms with van der Waals surface area (Å²) in [4.78, 5) is 21.4. The van der Waals surface area contributed by atoms with Crippen LogP contribution in [0.2, 0.25) is 0 Å². The molecule has 0 bridgehead atoms. The topological polar surface area (TPSA) is 86.2 Å². The molecule has 4 nitrogen and oxygen atoms in total. The van der Waals surface area contributed by atoms with Gasteiger partial charge in [0.1, 0.15) is 0 Å². The molecule has 0 unspecified atom stereocenters. The van der Waals surface area contributed by atoms with Gasteiger partial charge in [-0.25, -0.2) is 0 Å². The maximum Gasteiger partial charge on any atom is 0.217 e. The predicted octanol–water partition coefficient (Wildman–Crippen LogP) is 14.7. The maximum atomic E-state index is 10.7. The van der Waals surface area contributed by atoms with E-state index in [1.807, 2.05) is 0 Å². The van der Waals surface area contributed by atoms with E-state index in [0.29, 0.717) is 12.8 Å². The number of amides is 2. The number of carbonyl (C=O) groups excluding carboxylic acids is 2. The number of hydrogen-bond donors (Lipinski definition) is 2. The second-order valence-electron chi connectivity index (χ2n) is 15.6. The largest absolute Gasteiger partial charge is 0.370 e. The summed E-state index contributed by atoms with van der Waals surface area (Å²) in [6.07, 6.45) is 61.9. The van der Waals surface area contributed by atoms with E-state index in [0.717, 1.165) is 25.7 Å². The highest BCUT2D eigenvalue weighted by atomic mass is 16.1. The molecular weight excluding hydrogens is 613 g/mol. The van der Waals surface area contributed by atoms with Crippen molar-refractivity contribution < 1.29 is 9.59 Å². The minimum absolute atomic E-state index is 0.162. The molecule has 4 heteroatoms. The fraction of sp³-hybridized carbons (Fsp3) is 0.870. The van der Waals surface area contributed by atoms with Crippen molar-refractivity contribution in [2.24, 2.45) is 11.5 Å². The quantitative estimate of drug-likeness (QED) is 0.0490. The molecule has 0 radical (unpaired) electrons. The number of carbonyl (C=O) groups is 2. The lowest BCUT2D eigenvalue weighted by Gasteiger charge is -2.04. The molecule has 0 aliphatic carbocycles. The molecule has 0 saturated carbocycles. The Labute approximate surface area is 313 Å². The van der Waals surface area contributed by atoms with Crippen molar-refractivity contribution >= 4 is 11.8 Å². The van der Waals surface area contributed by atoms with Crippen molar-refractivity contribution in [2.45, 2.75) is 257 Å². The van der Waals surface area contributed by atoms with Crippen LogP contribution in [0.5, 0.6) is 0 Å². The molecule has 0 atom stereocenters. The van der Waals surface area contributed by atoms with Gasteiger partial charge in [-0.2, -0.15) is 0 Å². The van der Waals surface area contributed by atoms with Gasteiger partial charge < -0.3 is 11.5 Å². The van der Waals surface area contributed by atoms with Crippen molar-refractivity contribution in [1.82, 2.24) is 0 Å². The second kappa shape index (κ2) is 43.6. The van der Waals surface area contributed by atoms with Gasteiger partial charge in [0.15, 0.2) is 0 Å². The molecule has 0 spiro atoms. The van der Waals surface area contributed by atoms with Gasteiger partial charge in [-0.1, -0.05) is 204 Å². The molecule has 0 aromatic carbocycles. The van der Waals surface area contributed by atoms with Crippen LogP contribution in [0.25, 0.3) is 0 Å². The highest BCUT2D eigenvalue weighted by Gasteiger charge is 1.98. The molecule has 0 aliphatic rings. The minimum atomic E-state index is -0.162. The highest BCUT2D eigenvalue weighted by molar-refractivity contribution is 5.73. The molecule has 0 saturated heterocycles. The number of hydrogen-bond acceptors (Lipinski definition) is 2. The Kier molecular flexibility index (Phi) is 42.2. The van der Waals surface area contributed by atoms with Gasteiger partial charge in [-0.15, -0.1) is 0 Å². The average Bonchev–Trinajstić information content (AvgIpc) is 3.10. The van der Waals surface area contributed by atoms with Crippen LogP contribution in [-0.2, 0) is 9.59 Å². The van der Waals surface area contributed by atoms with Crippen LogP contribution in [0.1, 0.15) is 257 Å². The van der Waals surface area contributed by atoms with E-state index >= 15 is 0 Å². The molecule has 0 heterocycles. The second-order valence-corrected chi connectivity index (χ2v) is 15.6. The predicted molar refractivity (Wildman–Crippen MR) is 221 cm³/mol. The van der Waals surface area contributed by atoms with Crippen molar-refractivity contribution in [3.8, 4) is 0 Å². The van der Waals surface area contributed by atoms with E-state index in [9.17, 15) is 9.59 Å². The van der Waals surface area contributed by atoms with Crippen molar-refractivity contribution in [3.63, 3.8) is 0 Å². The van der Waals surface area contributed by atoms with Crippen LogP contribution in [-0.4, -0.2) is 11.8 Å². The third kappa shape index (κ3) is 46.4. The van der Waals surface area contributed by atoms with Gasteiger partial charge >= 0.3 is 0 Å². The van der Waals surface area contributed by atoms with Gasteiger partial charge in [0, 0.05) is 12.8 Å². The Morgan fingerprint density at radius 2 is 0.380 bits per heavy atom. The first-order valence-electron chi connectivity index (χ1n) is 22.5. The summed E-state index contributed by atoms with van der Waals surface area (Å²) in [6, 6.07) is 0. The van der Waals surface area contributed by atoms with E-state index in [1.54, 1.807) is 0 Å². The number of unbranched alkanes of at least 4 members (excludes halogenated alkanes) is 35. The summed E-state index contributed by atoms with van der Waals surface area (Å²) in [5, 5.41) is 0. The lowest BCUT2D eigenvalue weighted by atomic mass is 10.0. The molecular formula is C46H88N2O2. The molecule has 0 rings (SSSR count). The van der Waals surface area contributed by atoms with E-state index < -0.39 is 0 Å². The van der Waals surface area contributed by atoms with Gasteiger partial charge in [0.05, 0.1) is 0 Å². The summed E-state index contributed by atoms with van der Waals surface area (Å²) in [5.41, 5.74) is 10.3. The molecule has 0 fully saturated rings. The Morgan fingerprint density at radius 1 is 0.240 bits per heavy atom. The van der Waals surface area contributed by atoms with E-state index in [1.165, 1.54) is 218 Å². The third-order valence-electron chi connectivity index (χ3n) is 10.4. The van der Waals surface area contributed by atoms with Gasteiger partial charge in [0.2, 0.25) is 11.8 Å². The first-order valence-corrected chi connectivity index (χ1v) is 22.5. The molecule has 0 aliphatic heterocycles. The standard InChI is InChI=1S/C46H88N2O2/c47-45(49)43-41-39-37-35-33-31-29-27-25-23-21-19-17-15-13-11-9-7-5-3-1-2-4-6-8-10-12-14-16-18-20-22-24-26-28-30-32-34-36-38-40-42-44-46(48)50/h27-30H,1-26,31-44H2,(H2,47,49)(H2,48,50)/b29-27-,30-28-. The minimum Gasteiger partial charge on any atom is -0.370 e. The van der Waals surface area contributed by atoms with Crippen LogP contribution in [0.4, 0.5) is 0 Å². The Morgan fingerprint density at radius 3 is 0.540 bits per heavy atom. The van der Waals surface area contributed by atoms with Crippen molar-refractivity contribution in [2.75, 3.05) is 0 Å². The lowest BCUT2D eigenvalue weighted by molar-refractivity contribution is -0.119. The fourth-order valence-electron chi connectivity index (χ4n) is 7.07. The van der Waals surface area contributed by atoms with Crippen molar-refractivity contribution in [1.29, 1.82) is 0 Å². The number of rotatable bonds is 43. The first-order chi connectivity index (χ1) is 24.6. The fourth-order valence-corrected chi connectivity index (χ4v) is 7.07. The molecule has 50 heavy (non-hydrogen) atoms. The maximum absolute atomic E-state index is 10.7. The Bertz CT molecular complexity index is 684. The first kappa shape index (κ1) is 48.4. The smallest absolute Gasteiger partial charge is 0.217 e. The number of primary amides is 2. The van der Waals surface area contributed by atoms with E-state index in [-0.39, 0.29) is 11.8 Å². The van der Waals surface area contributed by atoms with E-state index in [2.05, 4.69) is 24.3 Å². The van der Waals surface area contributed by atoms with Crippen LogP contribution < -0.4 is 11.5 Å². The third-order valence-corrected chi connectivity index (χ3v) is 10.4. The van der Waals surface area contributed by atoms with Crippen LogP contribution in [0, 0.1) is 0 Å². The summed E-state index contributed by atoms with van der Waals surface area (Å²) in [6.45, 7) is 0. The summed E-state index contributed by atoms with van der Waals surface area (Å²) >= 11 is 0. The zero-order valence-electron chi connectivity index (χ0n) is 33.6. The zero-order valence-corrected chi connectivity index (χ0v) is 33.6. The summed E-state index contributed by atoms with van der Waals surface area (Å²) in [7, 11) is 0. The Hall–Kier alpha value is -1.58. The molecule has 4 N–H and O–H groups in total. The zero-order chi connectivity index (χ0) is 36.3. The summed E-state index contributed by atoms with van der Waals surface area (Å²) in [5.74, 6) is -0.323. The normalized spacial score (nSPS) is 11.8. The Balaban J connectivity index is 3.12. The van der Waals surface area contributed by atoms with Gasteiger partial charge in [-0.3, -0.25) is 9.59 Å². The number of allylic oxidation sites excluding steroid dienone is 4. The SMILES string of the molecule is NC(=O)CCCCCCC/C=C\CCCCCCCCCCCCCCCCCCCCCCCCCC/C=C\CCCCCCCC(N)=O. The average molecular weight is 701 g/mol. The molecule has 294 valence electrons. The van der Waals surface area contributed by atoms with Gasteiger partial charge in [-0.05, 0) is 64.2 Å². The number of nitrogens with two attached hydrogens (primary N) is 2. The van der Waals surface area contributed by atoms with Crippen LogP contribution >= 0.6 is 0 Å². The molecule has 0 aromatic heterocycles. The van der Waals surface area contributed by atoms with Crippen LogP contribution in [0.3, 0.4) is 0 Å². The monoisotopic (exact) mass is 701 g/mol. The molecule has 2 amide bonds. The van der Waals surface area contributed by atoms with Crippen LogP contribution in [0.15, 0.2) is 24.3 Å². The van der Waals surface area contributed by atoms with E-state index in [4.69, 9.17) is 11.5 Å². The summed E-state index contributed by atoms with van der Waals surface area (Å²) < 4.78 is 0.